The molecule has 1 aliphatic carbocycles. The number of urea groups is 1. The Morgan fingerprint density at radius 3 is 2.66 bits per heavy atom. The zero-order valence-electron chi connectivity index (χ0n) is 21.2. The standard InChI is InChI=1S/C29H39N5O/c1-21(2)14-15-33-27-13-12-23(17-30)16-25(27)31-28(33)20-34-26-11-7-6-10-24(26)19-32(29(34)35)18-22-8-4-3-5-9-22/h6-7,10-13,16,21-22H,3-5,8-9,14-15,17-20,30H2,1-2H3. The van der Waals surface area contributed by atoms with E-state index in [2.05, 4.69) is 59.7 Å². The van der Waals surface area contributed by atoms with Gasteiger partial charge < -0.3 is 15.2 Å². The fourth-order valence-electron chi connectivity index (χ4n) is 5.68. The Labute approximate surface area is 209 Å². The molecule has 2 aliphatic rings. The summed E-state index contributed by atoms with van der Waals surface area (Å²) >= 11 is 0. The predicted molar refractivity (Wildman–Crippen MR) is 142 cm³/mol. The third-order valence-electron chi connectivity index (χ3n) is 7.71. The van der Waals surface area contributed by atoms with Gasteiger partial charge in [-0.15, -0.1) is 0 Å². The first-order valence-corrected chi connectivity index (χ1v) is 13.4. The van der Waals surface area contributed by atoms with E-state index in [9.17, 15) is 4.79 Å². The van der Waals surface area contributed by atoms with Crippen molar-refractivity contribution >= 4 is 22.8 Å². The maximum Gasteiger partial charge on any atom is 0.325 e. The van der Waals surface area contributed by atoms with Gasteiger partial charge >= 0.3 is 6.03 Å². The molecule has 0 atom stereocenters. The van der Waals surface area contributed by atoms with Gasteiger partial charge in [0.1, 0.15) is 5.82 Å². The van der Waals surface area contributed by atoms with Crippen LogP contribution in [0.3, 0.4) is 0 Å². The zero-order valence-corrected chi connectivity index (χ0v) is 21.2. The Hall–Kier alpha value is -2.86. The molecule has 35 heavy (non-hydrogen) atoms. The van der Waals surface area contributed by atoms with Crippen molar-refractivity contribution in [1.29, 1.82) is 0 Å². The van der Waals surface area contributed by atoms with Gasteiger partial charge in [0.15, 0.2) is 0 Å². The Kier molecular flexibility index (Phi) is 7.09. The van der Waals surface area contributed by atoms with Gasteiger partial charge in [0, 0.05) is 26.2 Å². The lowest BCUT2D eigenvalue weighted by atomic mass is 9.88. The topological polar surface area (TPSA) is 67.4 Å². The maximum absolute atomic E-state index is 13.9. The van der Waals surface area contributed by atoms with Gasteiger partial charge in [-0.2, -0.15) is 0 Å². The summed E-state index contributed by atoms with van der Waals surface area (Å²) in [5.41, 5.74) is 11.3. The fraction of sp³-hybridized carbons (Fsp3) is 0.517. The number of nitrogens with two attached hydrogens (primary N) is 1. The fourth-order valence-corrected chi connectivity index (χ4v) is 5.68. The minimum absolute atomic E-state index is 0.111. The van der Waals surface area contributed by atoms with Gasteiger partial charge in [-0.05, 0) is 60.4 Å². The maximum atomic E-state index is 13.9. The molecule has 5 rings (SSSR count). The summed E-state index contributed by atoms with van der Waals surface area (Å²) in [4.78, 5) is 22.9. The van der Waals surface area contributed by atoms with Crippen molar-refractivity contribution in [2.24, 2.45) is 17.6 Å². The number of amides is 2. The molecule has 1 aliphatic heterocycles. The molecule has 6 heteroatoms. The van der Waals surface area contributed by atoms with E-state index in [1.165, 1.54) is 37.7 Å². The summed E-state index contributed by atoms with van der Waals surface area (Å²) in [6.45, 7) is 7.91. The molecule has 3 aromatic rings. The molecule has 0 unspecified atom stereocenters. The summed E-state index contributed by atoms with van der Waals surface area (Å²) in [5.74, 6) is 2.15. The van der Waals surface area contributed by atoms with Crippen LogP contribution in [-0.4, -0.2) is 27.0 Å². The number of nitrogens with zero attached hydrogens (tertiary/aromatic N) is 4. The van der Waals surface area contributed by atoms with E-state index in [-0.39, 0.29) is 6.03 Å². The lowest BCUT2D eigenvalue weighted by molar-refractivity contribution is 0.176. The van der Waals surface area contributed by atoms with E-state index in [4.69, 9.17) is 10.7 Å². The summed E-state index contributed by atoms with van der Waals surface area (Å²) in [6.07, 6.45) is 7.45. The second kappa shape index (κ2) is 10.4. The van der Waals surface area contributed by atoms with Crippen LogP contribution >= 0.6 is 0 Å². The van der Waals surface area contributed by atoms with E-state index in [0.717, 1.165) is 47.6 Å². The average Bonchev–Trinajstić information content (AvgIpc) is 3.21. The molecule has 2 aromatic carbocycles. The lowest BCUT2D eigenvalue weighted by Crippen LogP contribution is -2.48. The number of aryl methyl sites for hydroxylation is 1. The lowest BCUT2D eigenvalue weighted by Gasteiger charge is -2.39. The minimum atomic E-state index is 0.111. The predicted octanol–water partition coefficient (Wildman–Crippen LogP) is 6.06. The van der Waals surface area contributed by atoms with Crippen molar-refractivity contribution in [3.63, 3.8) is 0 Å². The van der Waals surface area contributed by atoms with Crippen LogP contribution in [0.15, 0.2) is 42.5 Å². The molecule has 1 saturated carbocycles. The number of aromatic nitrogens is 2. The first kappa shape index (κ1) is 23.9. The third kappa shape index (κ3) is 5.08. The Morgan fingerprint density at radius 1 is 1.09 bits per heavy atom. The smallest absolute Gasteiger partial charge is 0.325 e. The van der Waals surface area contributed by atoms with Gasteiger partial charge in [-0.25, -0.2) is 9.78 Å². The normalized spacial score (nSPS) is 17.0. The summed E-state index contributed by atoms with van der Waals surface area (Å²) in [7, 11) is 0. The summed E-state index contributed by atoms with van der Waals surface area (Å²) in [5, 5.41) is 0. The van der Waals surface area contributed by atoms with E-state index >= 15 is 0 Å². The molecule has 186 valence electrons. The Balaban J connectivity index is 1.48. The molecule has 0 radical (unpaired) electrons. The number of fused-ring (bicyclic) bond motifs is 2. The van der Waals surface area contributed by atoms with E-state index in [1.54, 1.807) is 0 Å². The van der Waals surface area contributed by atoms with Crippen molar-refractivity contribution in [2.45, 2.75) is 78.6 Å². The summed E-state index contributed by atoms with van der Waals surface area (Å²) < 4.78 is 2.31. The largest absolute Gasteiger partial charge is 0.326 e. The first-order valence-electron chi connectivity index (χ1n) is 13.4. The molecular weight excluding hydrogens is 434 g/mol. The van der Waals surface area contributed by atoms with E-state index in [0.29, 0.717) is 31.5 Å². The van der Waals surface area contributed by atoms with Crippen LogP contribution in [-0.2, 0) is 26.2 Å². The molecule has 2 amide bonds. The van der Waals surface area contributed by atoms with Crippen molar-refractivity contribution in [2.75, 3.05) is 11.4 Å². The highest BCUT2D eigenvalue weighted by atomic mass is 16.2. The molecule has 0 spiro atoms. The van der Waals surface area contributed by atoms with Crippen LogP contribution in [0.1, 0.15) is 69.3 Å². The quantitative estimate of drug-likeness (QED) is 0.432. The molecule has 1 aromatic heterocycles. The van der Waals surface area contributed by atoms with Crippen LogP contribution in [0.5, 0.6) is 0 Å². The molecule has 0 saturated heterocycles. The van der Waals surface area contributed by atoms with Crippen LogP contribution in [0.2, 0.25) is 0 Å². The monoisotopic (exact) mass is 473 g/mol. The number of imidazole rings is 1. The average molecular weight is 474 g/mol. The van der Waals surface area contributed by atoms with Gasteiger partial charge in [0.25, 0.3) is 0 Å². The van der Waals surface area contributed by atoms with Gasteiger partial charge in [0.05, 0.1) is 23.3 Å². The zero-order chi connectivity index (χ0) is 24.4. The number of hydrogen-bond donors (Lipinski definition) is 1. The van der Waals surface area contributed by atoms with Crippen LogP contribution < -0.4 is 10.6 Å². The van der Waals surface area contributed by atoms with Gasteiger partial charge in [-0.3, -0.25) is 4.90 Å². The van der Waals surface area contributed by atoms with Gasteiger partial charge in [-0.1, -0.05) is 57.4 Å². The van der Waals surface area contributed by atoms with E-state index < -0.39 is 0 Å². The number of carbonyl (C=O) groups excluding carboxylic acids is 1. The van der Waals surface area contributed by atoms with Crippen molar-refractivity contribution in [3.05, 3.63) is 59.4 Å². The van der Waals surface area contributed by atoms with Crippen molar-refractivity contribution in [3.8, 4) is 0 Å². The number of hydrogen-bond acceptors (Lipinski definition) is 3. The second-order valence-corrected chi connectivity index (χ2v) is 10.8. The van der Waals surface area contributed by atoms with Gasteiger partial charge in [0.2, 0.25) is 0 Å². The second-order valence-electron chi connectivity index (χ2n) is 10.8. The third-order valence-corrected chi connectivity index (χ3v) is 7.71. The number of benzene rings is 2. The Bertz CT molecular complexity index is 1180. The number of carbonyl (C=O) groups is 1. The first-order chi connectivity index (χ1) is 17.0. The molecule has 6 nitrogen and oxygen atoms in total. The van der Waals surface area contributed by atoms with Crippen LogP contribution in [0, 0.1) is 11.8 Å². The van der Waals surface area contributed by atoms with Crippen LogP contribution in [0.4, 0.5) is 10.5 Å². The molecule has 1 fully saturated rings. The Morgan fingerprint density at radius 2 is 1.89 bits per heavy atom. The highest BCUT2D eigenvalue weighted by Crippen LogP contribution is 2.33. The molecule has 0 bridgehead atoms. The minimum Gasteiger partial charge on any atom is -0.326 e. The summed E-state index contributed by atoms with van der Waals surface area (Å²) in [6, 6.07) is 14.8. The molecular formula is C29H39N5O. The molecule has 2 N–H and O–H groups in total. The number of anilines is 1. The number of rotatable bonds is 8. The van der Waals surface area contributed by atoms with Crippen LogP contribution in [0.25, 0.3) is 11.0 Å². The van der Waals surface area contributed by atoms with E-state index in [1.807, 2.05) is 11.0 Å². The highest BCUT2D eigenvalue weighted by Gasteiger charge is 2.33. The highest BCUT2D eigenvalue weighted by molar-refractivity contribution is 5.94. The molecule has 2 heterocycles. The number of para-hydroxylation sites is 1. The van der Waals surface area contributed by atoms with Crippen molar-refractivity contribution < 1.29 is 4.79 Å². The SMILES string of the molecule is CC(C)CCn1c(CN2C(=O)N(CC3CCCCC3)Cc3ccccc32)nc2cc(CN)ccc21. The van der Waals surface area contributed by atoms with Crippen molar-refractivity contribution in [1.82, 2.24) is 14.5 Å².